The molecule has 0 radical (unpaired) electrons. The normalized spacial score (nSPS) is 9.75. The van der Waals surface area contributed by atoms with Crippen LogP contribution in [0.25, 0.3) is 0 Å². The summed E-state index contributed by atoms with van der Waals surface area (Å²) in [6.07, 6.45) is 0.299. The molecule has 0 spiro atoms. The molecule has 16 heavy (non-hydrogen) atoms. The van der Waals surface area contributed by atoms with Gasteiger partial charge < -0.3 is 9.84 Å². The number of halogens is 1. The van der Waals surface area contributed by atoms with Crippen molar-refractivity contribution in [3.63, 3.8) is 0 Å². The van der Waals surface area contributed by atoms with E-state index in [9.17, 15) is 9.90 Å². The number of rotatable bonds is 7. The molecule has 4 heteroatoms. The lowest BCUT2D eigenvalue weighted by atomic mass is 10.3. The Kier molecular flexibility index (Phi) is 5.92. The van der Waals surface area contributed by atoms with Crippen molar-refractivity contribution in [2.75, 3.05) is 11.0 Å². The Morgan fingerprint density at radius 1 is 1.38 bits per heavy atom. The van der Waals surface area contributed by atoms with E-state index in [0.29, 0.717) is 10.8 Å². The van der Waals surface area contributed by atoms with Crippen molar-refractivity contribution in [2.24, 2.45) is 0 Å². The predicted octanol–water partition coefficient (Wildman–Crippen LogP) is -2.25. The van der Waals surface area contributed by atoms with Crippen LogP contribution < -0.4 is 26.3 Å². The minimum Gasteiger partial charge on any atom is -0.613 e. The highest BCUT2D eigenvalue weighted by Gasteiger charge is 2.15. The highest BCUT2D eigenvalue weighted by molar-refractivity contribution is 5.79. The van der Waals surface area contributed by atoms with Crippen LogP contribution in [0, 0.1) is 3.57 Å². The third-order valence-corrected chi connectivity index (χ3v) is 4.58. The third-order valence-electron chi connectivity index (χ3n) is 1.75. The maximum absolute atomic E-state index is 11.4. The van der Waals surface area contributed by atoms with E-state index in [1.165, 1.54) is 3.57 Å². The first-order chi connectivity index (χ1) is 7.68. The van der Waals surface area contributed by atoms with Crippen LogP contribution in [0.2, 0.25) is 0 Å². The van der Waals surface area contributed by atoms with Gasteiger partial charge in [0.05, 0.1) is 0 Å². The number of carbonyl (C=O) groups is 1. The van der Waals surface area contributed by atoms with E-state index in [1.807, 2.05) is 30.3 Å². The first-order valence-corrected chi connectivity index (χ1v) is 7.43. The van der Waals surface area contributed by atoms with Crippen molar-refractivity contribution in [3.8, 4) is 0 Å². The minimum atomic E-state index is -0.578. The van der Waals surface area contributed by atoms with Gasteiger partial charge in [0, 0.05) is 19.0 Å². The fourth-order valence-corrected chi connectivity index (χ4v) is 3.17. The van der Waals surface area contributed by atoms with Crippen LogP contribution in [0.3, 0.4) is 0 Å². The van der Waals surface area contributed by atoms with Gasteiger partial charge in [-0.15, -0.1) is 0 Å². The standard InChI is InChI=1S/C12H13IO3/c1-10(14)16-8-7-12(15)9-13-11-5-3-2-4-6-11/h2-6H,1,7-9H2. The number of alkyl halides is 1. The zero-order valence-corrected chi connectivity index (χ0v) is 11.0. The molecule has 86 valence electrons. The number of hydrogen-bond donors (Lipinski definition) is 0. The van der Waals surface area contributed by atoms with Crippen LogP contribution in [0.1, 0.15) is 6.42 Å². The molecule has 0 unspecified atom stereocenters. The van der Waals surface area contributed by atoms with Crippen LogP contribution >= 0.6 is 0 Å². The van der Waals surface area contributed by atoms with Gasteiger partial charge in [-0.05, 0) is 12.1 Å². The largest absolute Gasteiger partial charge is 0.613 e. The second-order valence-corrected chi connectivity index (χ2v) is 5.84. The molecule has 0 heterocycles. The van der Waals surface area contributed by atoms with Gasteiger partial charge in [-0.3, -0.25) is 4.79 Å². The van der Waals surface area contributed by atoms with Gasteiger partial charge in [-0.25, -0.2) is 0 Å². The summed E-state index contributed by atoms with van der Waals surface area (Å²) in [5.74, 6) is -0.427. The van der Waals surface area contributed by atoms with Crippen molar-refractivity contribution in [3.05, 3.63) is 46.4 Å². The molecule has 1 rings (SSSR count). The lowest BCUT2D eigenvalue weighted by Crippen LogP contribution is -3.63. The minimum absolute atomic E-state index is 0.151. The Hall–Kier alpha value is -1.04. The predicted molar refractivity (Wildman–Crippen MR) is 54.7 cm³/mol. The molecule has 0 aliphatic carbocycles. The van der Waals surface area contributed by atoms with Crippen molar-refractivity contribution in [2.45, 2.75) is 6.42 Å². The molecule has 0 N–H and O–H groups in total. The van der Waals surface area contributed by atoms with Crippen LogP contribution in [-0.4, -0.2) is 16.8 Å². The SMILES string of the molecule is C=C([O-])OCCC(=O)C[I+]c1ccccc1. The summed E-state index contributed by atoms with van der Waals surface area (Å²) in [5.41, 5.74) is 0. The maximum atomic E-state index is 11.4. The zero-order chi connectivity index (χ0) is 11.8. The Balaban J connectivity index is 2.18. The molecule has 0 amide bonds. The van der Waals surface area contributed by atoms with Gasteiger partial charge >= 0.3 is 21.2 Å². The second-order valence-electron chi connectivity index (χ2n) is 3.07. The molecule has 0 bridgehead atoms. The van der Waals surface area contributed by atoms with E-state index in [0.717, 1.165) is 0 Å². The fourth-order valence-electron chi connectivity index (χ4n) is 1.00. The first-order valence-electron chi connectivity index (χ1n) is 4.83. The van der Waals surface area contributed by atoms with Gasteiger partial charge in [0.25, 0.3) is 0 Å². The molecule has 3 nitrogen and oxygen atoms in total. The number of carbonyl (C=O) groups excluding carboxylic acids is 1. The van der Waals surface area contributed by atoms with Crippen LogP contribution in [0.4, 0.5) is 0 Å². The second kappa shape index (κ2) is 7.27. The molecule has 0 fully saturated rings. The Morgan fingerprint density at radius 3 is 2.69 bits per heavy atom. The number of Topliss-reactive ketones (excluding diaryl/α,β-unsaturated/α-hetero) is 1. The molecule has 0 saturated carbocycles. The summed E-state index contributed by atoms with van der Waals surface area (Å²) in [6, 6.07) is 9.99. The quantitative estimate of drug-likeness (QED) is 0.322. The van der Waals surface area contributed by atoms with Crippen molar-refractivity contribution < 1.29 is 35.8 Å². The molecule has 0 saturated heterocycles. The Bertz CT molecular complexity index is 349. The van der Waals surface area contributed by atoms with Crippen LogP contribution in [0.15, 0.2) is 42.9 Å². The molecular formula is C12H13IO3. The van der Waals surface area contributed by atoms with E-state index in [1.54, 1.807) is 0 Å². The highest BCUT2D eigenvalue weighted by Crippen LogP contribution is 1.87. The van der Waals surface area contributed by atoms with Gasteiger partial charge in [0.1, 0.15) is 0 Å². The van der Waals surface area contributed by atoms with Gasteiger partial charge in [-0.1, -0.05) is 24.8 Å². The molecule has 0 aliphatic heterocycles. The van der Waals surface area contributed by atoms with Crippen molar-refractivity contribution in [1.82, 2.24) is 0 Å². The van der Waals surface area contributed by atoms with Crippen molar-refractivity contribution >= 4 is 5.78 Å². The van der Waals surface area contributed by atoms with Gasteiger partial charge in [0.15, 0.2) is 9.35 Å². The zero-order valence-electron chi connectivity index (χ0n) is 8.82. The number of benzene rings is 1. The lowest BCUT2D eigenvalue weighted by molar-refractivity contribution is -0.615. The summed E-state index contributed by atoms with van der Waals surface area (Å²) in [5, 5.41) is 10.4. The van der Waals surface area contributed by atoms with Gasteiger partial charge in [0.2, 0.25) is 4.43 Å². The number of ketones is 1. The molecule has 0 aliphatic rings. The van der Waals surface area contributed by atoms with E-state index in [2.05, 4.69) is 11.3 Å². The smallest absolute Gasteiger partial charge is 0.321 e. The average Bonchev–Trinajstić information content (AvgIpc) is 2.27. The average molecular weight is 332 g/mol. The molecule has 0 aromatic heterocycles. The number of ether oxygens (including phenoxy) is 1. The Morgan fingerprint density at radius 2 is 2.06 bits per heavy atom. The summed E-state index contributed by atoms with van der Waals surface area (Å²) in [7, 11) is 0. The third kappa shape index (κ3) is 5.75. The van der Waals surface area contributed by atoms with Crippen LogP contribution in [0.5, 0.6) is 0 Å². The highest BCUT2D eigenvalue weighted by atomic mass is 127. The topological polar surface area (TPSA) is 49.4 Å². The van der Waals surface area contributed by atoms with E-state index in [4.69, 9.17) is 0 Å². The Labute approximate surface area is 105 Å². The monoisotopic (exact) mass is 332 g/mol. The van der Waals surface area contributed by atoms with E-state index >= 15 is 0 Å². The summed E-state index contributed by atoms with van der Waals surface area (Å²) < 4.78 is 6.45. The molecule has 0 atom stereocenters. The molecule has 1 aromatic carbocycles. The number of hydrogen-bond acceptors (Lipinski definition) is 3. The molecular weight excluding hydrogens is 319 g/mol. The van der Waals surface area contributed by atoms with E-state index < -0.39 is 5.95 Å². The summed E-state index contributed by atoms with van der Waals surface area (Å²) in [4.78, 5) is 11.4. The summed E-state index contributed by atoms with van der Waals surface area (Å²) in [6.45, 7) is 3.22. The lowest BCUT2D eigenvalue weighted by Gasteiger charge is -2.11. The fraction of sp³-hybridized carbons (Fsp3) is 0.250. The maximum Gasteiger partial charge on any atom is 0.321 e. The first kappa shape index (κ1) is 13.0. The van der Waals surface area contributed by atoms with Crippen LogP contribution in [-0.2, 0) is 9.53 Å². The van der Waals surface area contributed by atoms with Gasteiger partial charge in [-0.2, -0.15) is 0 Å². The molecule has 1 aromatic rings. The summed E-state index contributed by atoms with van der Waals surface area (Å²) >= 11 is -0.253. The van der Waals surface area contributed by atoms with E-state index in [-0.39, 0.29) is 33.6 Å². The van der Waals surface area contributed by atoms with Crippen molar-refractivity contribution in [1.29, 1.82) is 0 Å².